The zero-order valence-electron chi connectivity index (χ0n) is 10.3. The van der Waals surface area contributed by atoms with Gasteiger partial charge in [0.05, 0.1) is 6.10 Å². The van der Waals surface area contributed by atoms with Gasteiger partial charge in [0.2, 0.25) is 0 Å². The minimum Gasteiger partial charge on any atom is -0.393 e. The van der Waals surface area contributed by atoms with Crippen LogP contribution in [-0.2, 0) is 0 Å². The van der Waals surface area contributed by atoms with E-state index in [2.05, 4.69) is 26.8 Å². The van der Waals surface area contributed by atoms with Crippen molar-refractivity contribution in [1.29, 1.82) is 0 Å². The average Bonchev–Trinajstić information content (AvgIpc) is 2.52. The number of allylic oxidation sites excluding steroid dienone is 2. The van der Waals surface area contributed by atoms with Crippen molar-refractivity contribution in [3.63, 3.8) is 0 Å². The molecule has 0 unspecified atom stereocenters. The van der Waals surface area contributed by atoms with Gasteiger partial charge in [-0.2, -0.15) is 0 Å². The molecule has 2 rings (SSSR count). The summed E-state index contributed by atoms with van der Waals surface area (Å²) in [7, 11) is 0. The molecule has 2 aliphatic rings. The van der Waals surface area contributed by atoms with Crippen LogP contribution in [0.3, 0.4) is 0 Å². The summed E-state index contributed by atoms with van der Waals surface area (Å²) in [5.41, 5.74) is 1.80. The summed E-state index contributed by atoms with van der Waals surface area (Å²) in [6, 6.07) is 0. The molecule has 2 aliphatic carbocycles. The van der Waals surface area contributed by atoms with E-state index in [1.165, 1.54) is 31.3 Å². The predicted octanol–water partition coefficient (Wildman–Crippen LogP) is 3.53. The van der Waals surface area contributed by atoms with Gasteiger partial charge in [-0.15, -0.1) is 0 Å². The molecule has 1 heteroatoms. The van der Waals surface area contributed by atoms with Crippen molar-refractivity contribution in [1.82, 2.24) is 0 Å². The fourth-order valence-corrected chi connectivity index (χ4v) is 3.55. The molecule has 0 radical (unpaired) electrons. The van der Waals surface area contributed by atoms with Gasteiger partial charge in [-0.25, -0.2) is 0 Å². The maximum atomic E-state index is 10.2. The highest BCUT2D eigenvalue weighted by Crippen LogP contribution is 2.50. The van der Waals surface area contributed by atoms with Crippen LogP contribution in [0.4, 0.5) is 0 Å². The van der Waals surface area contributed by atoms with Gasteiger partial charge in [0.1, 0.15) is 0 Å². The first-order chi connectivity index (χ1) is 7.04. The summed E-state index contributed by atoms with van der Waals surface area (Å²) in [4.78, 5) is 0. The van der Waals surface area contributed by atoms with Crippen LogP contribution in [0.25, 0.3) is 0 Å². The van der Waals surface area contributed by atoms with Crippen LogP contribution in [0.5, 0.6) is 0 Å². The van der Waals surface area contributed by atoms with Gasteiger partial charge in [-0.1, -0.05) is 25.5 Å². The standard InChI is InChI=1S/C14H24O/c1-10-6-7-13(15)12(9-10)14(3)8-4-5-11(14)2/h5,10,12-13,15H,4,6-9H2,1-3H3/t10-,12+,13+,14+/m0/s1. The minimum absolute atomic E-state index is 0.0624. The molecule has 0 aromatic rings. The molecule has 0 aromatic heterocycles. The number of hydrogen-bond donors (Lipinski definition) is 1. The van der Waals surface area contributed by atoms with Crippen molar-refractivity contribution in [3.8, 4) is 0 Å². The smallest absolute Gasteiger partial charge is 0.0576 e. The molecule has 15 heavy (non-hydrogen) atoms. The SMILES string of the molecule is CC1=CCC[C@@]1(C)[C@@H]1C[C@@H](C)CC[C@H]1O. The third-order valence-corrected chi connectivity index (χ3v) is 4.91. The van der Waals surface area contributed by atoms with E-state index in [-0.39, 0.29) is 11.5 Å². The van der Waals surface area contributed by atoms with Crippen LogP contribution in [0.1, 0.15) is 52.9 Å². The van der Waals surface area contributed by atoms with Gasteiger partial charge < -0.3 is 5.11 Å². The second-order valence-electron chi connectivity index (χ2n) is 5.94. The first-order valence-corrected chi connectivity index (χ1v) is 6.39. The van der Waals surface area contributed by atoms with Gasteiger partial charge in [-0.3, -0.25) is 0 Å². The molecule has 1 fully saturated rings. The summed E-state index contributed by atoms with van der Waals surface area (Å²) in [5.74, 6) is 1.30. The number of aliphatic hydroxyl groups excluding tert-OH is 1. The first-order valence-electron chi connectivity index (χ1n) is 6.39. The Labute approximate surface area is 93.6 Å². The molecular formula is C14H24O. The highest BCUT2D eigenvalue weighted by Gasteiger charge is 2.43. The lowest BCUT2D eigenvalue weighted by Crippen LogP contribution is -2.39. The van der Waals surface area contributed by atoms with Crippen molar-refractivity contribution < 1.29 is 5.11 Å². The summed E-state index contributed by atoms with van der Waals surface area (Å²) in [6.45, 7) is 6.94. The zero-order valence-corrected chi connectivity index (χ0v) is 10.3. The summed E-state index contributed by atoms with van der Waals surface area (Å²) < 4.78 is 0. The van der Waals surface area contributed by atoms with Crippen molar-refractivity contribution in [3.05, 3.63) is 11.6 Å². The van der Waals surface area contributed by atoms with Crippen molar-refractivity contribution >= 4 is 0 Å². The lowest BCUT2D eigenvalue weighted by atomic mass is 9.63. The Balaban J connectivity index is 2.17. The average molecular weight is 208 g/mol. The molecular weight excluding hydrogens is 184 g/mol. The van der Waals surface area contributed by atoms with E-state index < -0.39 is 0 Å². The third kappa shape index (κ3) is 1.87. The molecule has 0 heterocycles. The number of rotatable bonds is 1. The molecule has 0 bridgehead atoms. The Morgan fingerprint density at radius 3 is 2.73 bits per heavy atom. The molecule has 1 N–H and O–H groups in total. The molecule has 0 aromatic carbocycles. The summed E-state index contributed by atoms with van der Waals surface area (Å²) in [5, 5.41) is 10.2. The van der Waals surface area contributed by atoms with Crippen molar-refractivity contribution in [2.75, 3.05) is 0 Å². The van der Waals surface area contributed by atoms with E-state index in [4.69, 9.17) is 0 Å². The number of hydrogen-bond acceptors (Lipinski definition) is 1. The van der Waals surface area contributed by atoms with Crippen molar-refractivity contribution in [2.45, 2.75) is 59.0 Å². The fraction of sp³-hybridized carbons (Fsp3) is 0.857. The maximum absolute atomic E-state index is 10.2. The molecule has 0 spiro atoms. The monoisotopic (exact) mass is 208 g/mol. The number of aliphatic hydroxyl groups is 1. The van der Waals surface area contributed by atoms with Crippen molar-refractivity contribution in [2.24, 2.45) is 17.3 Å². The predicted molar refractivity (Wildman–Crippen MR) is 63.6 cm³/mol. The molecule has 0 amide bonds. The highest BCUT2D eigenvalue weighted by molar-refractivity contribution is 5.19. The Hall–Kier alpha value is -0.300. The maximum Gasteiger partial charge on any atom is 0.0576 e. The highest BCUT2D eigenvalue weighted by atomic mass is 16.3. The zero-order chi connectivity index (χ0) is 11.1. The molecule has 1 saturated carbocycles. The van der Waals surface area contributed by atoms with E-state index >= 15 is 0 Å². The Morgan fingerprint density at radius 2 is 2.13 bits per heavy atom. The van der Waals surface area contributed by atoms with Gasteiger partial charge in [-0.05, 0) is 56.3 Å². The van der Waals surface area contributed by atoms with Crippen LogP contribution in [0.15, 0.2) is 11.6 Å². The van der Waals surface area contributed by atoms with Gasteiger partial charge in [0.25, 0.3) is 0 Å². The van der Waals surface area contributed by atoms with Gasteiger partial charge >= 0.3 is 0 Å². The Kier molecular flexibility index (Phi) is 2.94. The quantitative estimate of drug-likeness (QED) is 0.654. The Bertz CT molecular complexity index is 269. The fourth-order valence-electron chi connectivity index (χ4n) is 3.55. The van der Waals surface area contributed by atoms with Gasteiger partial charge in [0.15, 0.2) is 0 Å². The topological polar surface area (TPSA) is 20.2 Å². The molecule has 4 atom stereocenters. The largest absolute Gasteiger partial charge is 0.393 e. The van der Waals surface area contributed by atoms with Gasteiger partial charge in [0, 0.05) is 0 Å². The molecule has 86 valence electrons. The van der Waals surface area contributed by atoms with Crippen LogP contribution < -0.4 is 0 Å². The second-order valence-corrected chi connectivity index (χ2v) is 5.94. The van der Waals surface area contributed by atoms with Crippen LogP contribution in [0, 0.1) is 17.3 Å². The first kappa shape index (κ1) is 11.2. The van der Waals surface area contributed by atoms with E-state index in [1.54, 1.807) is 0 Å². The van der Waals surface area contributed by atoms with Crippen LogP contribution in [-0.4, -0.2) is 11.2 Å². The Morgan fingerprint density at radius 1 is 1.40 bits per heavy atom. The van der Waals surface area contributed by atoms with E-state index in [0.717, 1.165) is 12.3 Å². The molecule has 1 nitrogen and oxygen atoms in total. The van der Waals surface area contributed by atoms with Crippen LogP contribution in [0.2, 0.25) is 0 Å². The van der Waals surface area contributed by atoms with E-state index in [1.807, 2.05) is 0 Å². The van der Waals surface area contributed by atoms with Crippen LogP contribution >= 0.6 is 0 Å². The molecule has 0 saturated heterocycles. The summed E-state index contributed by atoms with van der Waals surface area (Å²) in [6.07, 6.45) is 8.18. The van der Waals surface area contributed by atoms with E-state index in [0.29, 0.717) is 5.92 Å². The second kappa shape index (κ2) is 3.93. The lowest BCUT2D eigenvalue weighted by molar-refractivity contribution is -0.00493. The lowest BCUT2D eigenvalue weighted by Gasteiger charge is -2.43. The minimum atomic E-state index is -0.0624. The molecule has 0 aliphatic heterocycles. The third-order valence-electron chi connectivity index (χ3n) is 4.91. The van der Waals surface area contributed by atoms with E-state index in [9.17, 15) is 5.11 Å². The summed E-state index contributed by atoms with van der Waals surface area (Å²) >= 11 is 0. The normalized spacial score (nSPS) is 46.7.